The van der Waals surface area contributed by atoms with Crippen molar-refractivity contribution in [2.45, 2.75) is 103 Å². The summed E-state index contributed by atoms with van der Waals surface area (Å²) in [6.07, 6.45) is 7.46. The van der Waals surface area contributed by atoms with E-state index < -0.39 is 22.7 Å². The molecule has 0 bridgehead atoms. The molecule has 0 radical (unpaired) electrons. The van der Waals surface area contributed by atoms with Gasteiger partial charge in [0.25, 0.3) is 0 Å². The third-order valence-electron chi connectivity index (χ3n) is 12.0. The van der Waals surface area contributed by atoms with Gasteiger partial charge in [-0.2, -0.15) is 0 Å². The normalized spacial score (nSPS) is 51.7. The standard InChI is InChI=1S/C29H42O5/c1-16-13-19(14-23(30)17(16)2)18(3)20-9-12-28(33)22-15-25(32)29(34)10-6-7-24(31)27(29,5)21(22)8-11-26(20,28)4/h6-7,18-22,25,32-34H,8-15H2,1-5H3/t18-,19+,20-,21+,22-,25-,26-,27+,28+,29+/m1/s1. The second-order valence-corrected chi connectivity index (χ2v) is 12.9. The highest BCUT2D eigenvalue weighted by atomic mass is 16.3. The lowest BCUT2D eigenvalue weighted by atomic mass is 9.41. The Morgan fingerprint density at radius 3 is 2.38 bits per heavy atom. The molecule has 0 aromatic heterocycles. The van der Waals surface area contributed by atoms with Gasteiger partial charge >= 0.3 is 0 Å². The molecule has 10 atom stereocenters. The van der Waals surface area contributed by atoms with E-state index in [1.807, 2.05) is 13.8 Å². The minimum atomic E-state index is -1.47. The number of rotatable bonds is 2. The lowest BCUT2D eigenvalue weighted by molar-refractivity contribution is -0.264. The average Bonchev–Trinajstić information content (AvgIpc) is 3.06. The lowest BCUT2D eigenvalue weighted by Gasteiger charge is -2.65. The fourth-order valence-corrected chi connectivity index (χ4v) is 9.51. The van der Waals surface area contributed by atoms with Crippen LogP contribution in [-0.4, -0.2) is 44.2 Å². The molecule has 5 aliphatic carbocycles. The van der Waals surface area contributed by atoms with Gasteiger partial charge in [-0.15, -0.1) is 0 Å². The van der Waals surface area contributed by atoms with Gasteiger partial charge in [0.2, 0.25) is 0 Å². The van der Waals surface area contributed by atoms with Crippen molar-refractivity contribution in [3.8, 4) is 0 Å². The molecule has 0 spiro atoms. The van der Waals surface area contributed by atoms with E-state index in [9.17, 15) is 24.9 Å². The zero-order valence-electron chi connectivity index (χ0n) is 21.4. The van der Waals surface area contributed by atoms with E-state index in [0.29, 0.717) is 31.1 Å². The molecular weight excluding hydrogens is 428 g/mol. The Balaban J connectivity index is 1.48. The minimum Gasteiger partial charge on any atom is -0.390 e. The van der Waals surface area contributed by atoms with Gasteiger partial charge in [-0.3, -0.25) is 9.59 Å². The number of Topliss-reactive ketones (excluding diaryl/α,β-unsaturated/α-hetero) is 1. The summed E-state index contributed by atoms with van der Waals surface area (Å²) >= 11 is 0. The number of allylic oxidation sites excluding steroid dienone is 3. The van der Waals surface area contributed by atoms with Crippen molar-refractivity contribution in [2.75, 3.05) is 0 Å². The van der Waals surface area contributed by atoms with Crippen LogP contribution in [0.5, 0.6) is 0 Å². The van der Waals surface area contributed by atoms with Gasteiger partial charge in [-0.25, -0.2) is 0 Å². The first-order chi connectivity index (χ1) is 15.8. The number of hydrogen-bond acceptors (Lipinski definition) is 5. The first-order valence-corrected chi connectivity index (χ1v) is 13.3. The Hall–Kier alpha value is -1.30. The van der Waals surface area contributed by atoms with Gasteiger partial charge in [-0.1, -0.05) is 25.5 Å². The number of carbonyl (C=O) groups is 2. The maximum Gasteiger partial charge on any atom is 0.164 e. The molecule has 0 aromatic carbocycles. The second-order valence-electron chi connectivity index (χ2n) is 12.9. The van der Waals surface area contributed by atoms with Crippen molar-refractivity contribution in [3.05, 3.63) is 23.3 Å². The van der Waals surface area contributed by atoms with Crippen LogP contribution >= 0.6 is 0 Å². The summed E-state index contributed by atoms with van der Waals surface area (Å²) in [5.41, 5.74) is -1.76. The van der Waals surface area contributed by atoms with Crippen LogP contribution in [0.3, 0.4) is 0 Å². The number of aliphatic hydroxyl groups is 3. The average molecular weight is 471 g/mol. The summed E-state index contributed by atoms with van der Waals surface area (Å²) in [5, 5.41) is 35.2. The molecule has 0 aliphatic heterocycles. The van der Waals surface area contributed by atoms with Gasteiger partial charge in [0.15, 0.2) is 11.6 Å². The Kier molecular flexibility index (Phi) is 5.45. The molecule has 5 heteroatoms. The lowest BCUT2D eigenvalue weighted by Crippen LogP contribution is -2.72. The first-order valence-electron chi connectivity index (χ1n) is 13.3. The largest absolute Gasteiger partial charge is 0.390 e. The van der Waals surface area contributed by atoms with E-state index in [-0.39, 0.29) is 41.2 Å². The summed E-state index contributed by atoms with van der Waals surface area (Å²) in [6.45, 7) is 10.3. The SMILES string of the molecule is CC1=C(C)C(=O)C[C@@H]([C@@H](C)[C@H]2CC[C@]3(O)[C@@H]4C[C@@H](O)[C@@]5(O)CC=CC(=O)[C@]5(C)[C@H]4CC[C@]23C)C1. The fourth-order valence-electron chi connectivity index (χ4n) is 9.51. The van der Waals surface area contributed by atoms with Crippen LogP contribution in [0.15, 0.2) is 23.3 Å². The summed E-state index contributed by atoms with van der Waals surface area (Å²) in [6, 6.07) is 0. The number of carbonyl (C=O) groups excluding carboxylic acids is 2. The highest BCUT2D eigenvalue weighted by Gasteiger charge is 2.73. The third kappa shape index (κ3) is 2.84. The van der Waals surface area contributed by atoms with Crippen molar-refractivity contribution in [1.82, 2.24) is 0 Å². The second kappa shape index (κ2) is 7.60. The molecule has 0 amide bonds. The van der Waals surface area contributed by atoms with Gasteiger partial charge in [0.05, 0.1) is 17.1 Å². The maximum absolute atomic E-state index is 13.2. The smallest absolute Gasteiger partial charge is 0.164 e. The number of aliphatic hydroxyl groups excluding tert-OH is 1. The molecule has 3 fully saturated rings. The Morgan fingerprint density at radius 2 is 1.71 bits per heavy atom. The van der Waals surface area contributed by atoms with Gasteiger partial charge in [0, 0.05) is 6.42 Å². The summed E-state index contributed by atoms with van der Waals surface area (Å²) < 4.78 is 0. The fraction of sp³-hybridized carbons (Fsp3) is 0.793. The summed E-state index contributed by atoms with van der Waals surface area (Å²) in [4.78, 5) is 25.8. The molecule has 0 unspecified atom stereocenters. The van der Waals surface area contributed by atoms with Crippen LogP contribution in [0, 0.1) is 40.4 Å². The third-order valence-corrected chi connectivity index (χ3v) is 12.0. The van der Waals surface area contributed by atoms with E-state index in [1.165, 1.54) is 5.57 Å². The summed E-state index contributed by atoms with van der Waals surface area (Å²) in [7, 11) is 0. The van der Waals surface area contributed by atoms with Crippen LogP contribution in [0.1, 0.15) is 86.0 Å². The number of ketones is 2. The zero-order valence-corrected chi connectivity index (χ0v) is 21.4. The van der Waals surface area contributed by atoms with Crippen molar-refractivity contribution in [2.24, 2.45) is 40.4 Å². The highest BCUT2D eigenvalue weighted by Crippen LogP contribution is 2.70. The van der Waals surface area contributed by atoms with E-state index >= 15 is 0 Å². The summed E-state index contributed by atoms with van der Waals surface area (Å²) in [5.74, 6) is 0.643. The number of hydrogen-bond donors (Lipinski definition) is 3. The van der Waals surface area contributed by atoms with Crippen molar-refractivity contribution < 1.29 is 24.9 Å². The van der Waals surface area contributed by atoms with Gasteiger partial charge < -0.3 is 15.3 Å². The molecule has 3 N–H and O–H groups in total. The number of fused-ring (bicyclic) bond motifs is 5. The zero-order chi connectivity index (χ0) is 24.8. The monoisotopic (exact) mass is 470 g/mol. The predicted octanol–water partition coefficient (Wildman–Crippen LogP) is 4.14. The predicted molar refractivity (Wildman–Crippen MR) is 130 cm³/mol. The maximum atomic E-state index is 13.2. The van der Waals surface area contributed by atoms with Crippen molar-refractivity contribution in [3.63, 3.8) is 0 Å². The molecule has 0 aromatic rings. The Bertz CT molecular complexity index is 981. The van der Waals surface area contributed by atoms with Crippen molar-refractivity contribution >= 4 is 11.6 Å². The molecule has 34 heavy (non-hydrogen) atoms. The molecule has 5 rings (SSSR count). The first kappa shape index (κ1) is 24.4. The van der Waals surface area contributed by atoms with E-state index in [1.54, 1.807) is 12.2 Å². The molecule has 5 aliphatic rings. The molecule has 3 saturated carbocycles. The molecule has 0 saturated heterocycles. The van der Waals surface area contributed by atoms with Gasteiger partial charge in [0.1, 0.15) is 5.60 Å². The van der Waals surface area contributed by atoms with E-state index in [0.717, 1.165) is 31.3 Å². The van der Waals surface area contributed by atoms with Crippen LogP contribution < -0.4 is 0 Å². The van der Waals surface area contributed by atoms with Gasteiger partial charge in [-0.05, 0) is 112 Å². The van der Waals surface area contributed by atoms with Crippen LogP contribution in [0.2, 0.25) is 0 Å². The topological polar surface area (TPSA) is 94.8 Å². The van der Waals surface area contributed by atoms with Crippen molar-refractivity contribution in [1.29, 1.82) is 0 Å². The Morgan fingerprint density at radius 1 is 1.00 bits per heavy atom. The molecule has 5 nitrogen and oxygen atoms in total. The van der Waals surface area contributed by atoms with E-state index in [2.05, 4.69) is 20.8 Å². The van der Waals surface area contributed by atoms with Crippen LogP contribution in [-0.2, 0) is 9.59 Å². The quantitative estimate of drug-likeness (QED) is 0.564. The van der Waals surface area contributed by atoms with Crippen LogP contribution in [0.4, 0.5) is 0 Å². The molecule has 188 valence electrons. The minimum absolute atomic E-state index is 0.122. The molecular formula is C29H42O5. The van der Waals surface area contributed by atoms with E-state index in [4.69, 9.17) is 0 Å². The molecule has 0 heterocycles. The van der Waals surface area contributed by atoms with Crippen LogP contribution in [0.25, 0.3) is 0 Å². The highest BCUT2D eigenvalue weighted by molar-refractivity contribution is 5.97. The Labute approximate surface area is 203 Å².